The molecule has 0 spiro atoms. The summed E-state index contributed by atoms with van der Waals surface area (Å²) in [6.45, 7) is 1.13. The van der Waals surface area contributed by atoms with Crippen molar-refractivity contribution in [2.24, 2.45) is 0 Å². The Hall–Kier alpha value is -1.82. The Labute approximate surface area is 106 Å². The number of nitrogens with zero attached hydrogens (tertiary/aromatic N) is 4. The van der Waals surface area contributed by atoms with Gasteiger partial charge in [-0.05, 0) is 19.3 Å². The van der Waals surface area contributed by atoms with Gasteiger partial charge >= 0.3 is 0 Å². The fourth-order valence-electron chi connectivity index (χ4n) is 1.93. The predicted octanol–water partition coefficient (Wildman–Crippen LogP) is 0.910. The average molecular weight is 249 g/mol. The maximum atomic E-state index is 8.74. The Morgan fingerprint density at radius 3 is 3.00 bits per heavy atom. The number of hydrogen-bond donors (Lipinski definition) is 2. The number of nitrogens with two attached hydrogens (primary N) is 1. The predicted molar refractivity (Wildman–Crippen MR) is 71.6 cm³/mol. The molecule has 3 N–H and O–H groups in total. The molecule has 0 saturated carbocycles. The number of hydrogen-bond acceptors (Lipinski definition) is 5. The van der Waals surface area contributed by atoms with Gasteiger partial charge in [0.1, 0.15) is 5.82 Å². The number of rotatable bonds is 6. The molecular formula is C12H19N5O. The highest BCUT2D eigenvalue weighted by molar-refractivity contribution is 5.65. The lowest BCUT2D eigenvalue weighted by Crippen LogP contribution is -2.21. The van der Waals surface area contributed by atoms with Gasteiger partial charge in [-0.1, -0.05) is 0 Å². The SMILES string of the molecule is CN(CCCCCO)c1nc(N)cn2ccnc12. The van der Waals surface area contributed by atoms with Gasteiger partial charge in [0.05, 0.1) is 6.20 Å². The molecule has 2 rings (SSSR count). The van der Waals surface area contributed by atoms with Gasteiger partial charge in [-0.3, -0.25) is 0 Å². The topological polar surface area (TPSA) is 79.7 Å². The maximum absolute atomic E-state index is 8.74. The van der Waals surface area contributed by atoms with Crippen molar-refractivity contribution >= 4 is 17.3 Å². The highest BCUT2D eigenvalue weighted by Gasteiger charge is 2.10. The van der Waals surface area contributed by atoms with Gasteiger partial charge in [-0.25, -0.2) is 9.97 Å². The van der Waals surface area contributed by atoms with Crippen LogP contribution in [0.5, 0.6) is 0 Å². The summed E-state index contributed by atoms with van der Waals surface area (Å²) < 4.78 is 1.88. The third-order valence-electron chi connectivity index (χ3n) is 2.89. The molecule has 0 unspecified atom stereocenters. The molecule has 0 atom stereocenters. The lowest BCUT2D eigenvalue weighted by atomic mass is 10.2. The van der Waals surface area contributed by atoms with E-state index in [2.05, 4.69) is 14.9 Å². The second kappa shape index (κ2) is 5.68. The van der Waals surface area contributed by atoms with E-state index in [0.29, 0.717) is 5.82 Å². The molecule has 2 heterocycles. The van der Waals surface area contributed by atoms with Crippen molar-refractivity contribution in [1.29, 1.82) is 0 Å². The van der Waals surface area contributed by atoms with E-state index >= 15 is 0 Å². The van der Waals surface area contributed by atoms with Gasteiger partial charge in [0.2, 0.25) is 0 Å². The number of anilines is 2. The quantitative estimate of drug-likeness (QED) is 0.744. The number of aliphatic hydroxyl groups excluding tert-OH is 1. The largest absolute Gasteiger partial charge is 0.396 e. The summed E-state index contributed by atoms with van der Waals surface area (Å²) in [5, 5.41) is 8.74. The van der Waals surface area contributed by atoms with E-state index in [0.717, 1.165) is 37.3 Å². The third kappa shape index (κ3) is 2.70. The first-order chi connectivity index (χ1) is 8.72. The Kier molecular flexibility index (Phi) is 3.99. The van der Waals surface area contributed by atoms with Crippen molar-refractivity contribution in [3.8, 4) is 0 Å². The Morgan fingerprint density at radius 2 is 2.22 bits per heavy atom. The number of fused-ring (bicyclic) bond motifs is 1. The number of unbranched alkanes of at least 4 members (excludes halogenated alkanes) is 2. The fraction of sp³-hybridized carbons (Fsp3) is 0.500. The van der Waals surface area contributed by atoms with Crippen LogP contribution in [0.25, 0.3) is 5.65 Å². The Bertz CT molecular complexity index is 510. The van der Waals surface area contributed by atoms with Crippen LogP contribution < -0.4 is 10.6 Å². The van der Waals surface area contributed by atoms with Crippen LogP contribution in [0.3, 0.4) is 0 Å². The second-order valence-electron chi connectivity index (χ2n) is 4.35. The van der Waals surface area contributed by atoms with Crippen molar-refractivity contribution < 1.29 is 5.11 Å². The number of imidazole rings is 1. The summed E-state index contributed by atoms with van der Waals surface area (Å²) in [7, 11) is 1.98. The maximum Gasteiger partial charge on any atom is 0.180 e. The van der Waals surface area contributed by atoms with Crippen LogP contribution in [-0.4, -0.2) is 39.7 Å². The molecule has 6 nitrogen and oxygen atoms in total. The normalized spacial score (nSPS) is 11.0. The number of aliphatic hydroxyl groups is 1. The minimum absolute atomic E-state index is 0.255. The van der Waals surface area contributed by atoms with E-state index in [1.165, 1.54) is 0 Å². The molecule has 6 heteroatoms. The van der Waals surface area contributed by atoms with Crippen LogP contribution in [0.15, 0.2) is 18.6 Å². The van der Waals surface area contributed by atoms with Crippen molar-refractivity contribution in [1.82, 2.24) is 14.4 Å². The standard InChI is InChI=1S/C12H19N5O/c1-16(6-3-2-4-8-18)12-11-14-5-7-17(11)9-10(13)15-12/h5,7,9,18H,2-4,6,8,13H2,1H3. The summed E-state index contributed by atoms with van der Waals surface area (Å²) >= 11 is 0. The number of nitrogen functional groups attached to an aromatic ring is 1. The van der Waals surface area contributed by atoms with Gasteiger partial charge in [-0.2, -0.15) is 0 Å². The first-order valence-corrected chi connectivity index (χ1v) is 6.13. The van der Waals surface area contributed by atoms with Crippen LogP contribution >= 0.6 is 0 Å². The molecule has 2 aromatic rings. The minimum atomic E-state index is 0.255. The lowest BCUT2D eigenvalue weighted by molar-refractivity contribution is 0.283. The van der Waals surface area contributed by atoms with Crippen LogP contribution in [0.1, 0.15) is 19.3 Å². The van der Waals surface area contributed by atoms with Gasteiger partial charge < -0.3 is 20.1 Å². The monoisotopic (exact) mass is 249 g/mol. The molecule has 0 aliphatic carbocycles. The van der Waals surface area contributed by atoms with E-state index in [1.807, 2.05) is 17.6 Å². The Morgan fingerprint density at radius 1 is 1.39 bits per heavy atom. The molecule has 0 aliphatic heterocycles. The molecule has 0 aliphatic rings. The second-order valence-corrected chi connectivity index (χ2v) is 4.35. The van der Waals surface area contributed by atoms with Crippen LogP contribution in [0.2, 0.25) is 0 Å². The molecule has 0 saturated heterocycles. The van der Waals surface area contributed by atoms with E-state index in [4.69, 9.17) is 10.8 Å². The van der Waals surface area contributed by atoms with Crippen molar-refractivity contribution in [3.05, 3.63) is 18.6 Å². The molecule has 18 heavy (non-hydrogen) atoms. The molecule has 98 valence electrons. The fourth-order valence-corrected chi connectivity index (χ4v) is 1.93. The van der Waals surface area contributed by atoms with Crippen LogP contribution in [-0.2, 0) is 0 Å². The van der Waals surface area contributed by atoms with Crippen molar-refractivity contribution in [2.45, 2.75) is 19.3 Å². The zero-order chi connectivity index (χ0) is 13.0. The molecule has 2 aromatic heterocycles. The average Bonchev–Trinajstić information content (AvgIpc) is 2.81. The van der Waals surface area contributed by atoms with Gasteiger partial charge in [0.15, 0.2) is 11.5 Å². The van der Waals surface area contributed by atoms with E-state index in [-0.39, 0.29) is 6.61 Å². The molecule has 0 amide bonds. The zero-order valence-corrected chi connectivity index (χ0v) is 10.6. The van der Waals surface area contributed by atoms with Gasteiger partial charge in [0, 0.05) is 32.6 Å². The first-order valence-electron chi connectivity index (χ1n) is 6.13. The van der Waals surface area contributed by atoms with Gasteiger partial charge in [0.25, 0.3) is 0 Å². The summed E-state index contributed by atoms with van der Waals surface area (Å²) in [4.78, 5) is 10.7. The van der Waals surface area contributed by atoms with Crippen molar-refractivity contribution in [3.63, 3.8) is 0 Å². The molecule has 0 bridgehead atoms. The van der Waals surface area contributed by atoms with Crippen LogP contribution in [0, 0.1) is 0 Å². The van der Waals surface area contributed by atoms with E-state index < -0.39 is 0 Å². The minimum Gasteiger partial charge on any atom is -0.396 e. The molecule has 0 fully saturated rings. The summed E-state index contributed by atoms with van der Waals surface area (Å²) in [5.74, 6) is 1.28. The highest BCUT2D eigenvalue weighted by Crippen LogP contribution is 2.18. The molecule has 0 radical (unpaired) electrons. The zero-order valence-electron chi connectivity index (χ0n) is 10.6. The van der Waals surface area contributed by atoms with Crippen LogP contribution in [0.4, 0.5) is 11.6 Å². The van der Waals surface area contributed by atoms with Gasteiger partial charge in [-0.15, -0.1) is 0 Å². The first kappa shape index (κ1) is 12.6. The molecule has 0 aromatic carbocycles. The molecular weight excluding hydrogens is 230 g/mol. The summed E-state index contributed by atoms with van der Waals surface area (Å²) in [6.07, 6.45) is 8.22. The van der Waals surface area contributed by atoms with E-state index in [9.17, 15) is 0 Å². The Balaban J connectivity index is 2.11. The van der Waals surface area contributed by atoms with E-state index in [1.54, 1.807) is 12.4 Å². The number of aromatic nitrogens is 3. The smallest absolute Gasteiger partial charge is 0.180 e. The van der Waals surface area contributed by atoms with Crippen molar-refractivity contribution in [2.75, 3.05) is 30.8 Å². The highest BCUT2D eigenvalue weighted by atomic mass is 16.2. The summed E-state index contributed by atoms with van der Waals surface area (Å²) in [5.41, 5.74) is 6.59. The lowest BCUT2D eigenvalue weighted by Gasteiger charge is -2.18. The summed E-state index contributed by atoms with van der Waals surface area (Å²) in [6, 6.07) is 0. The third-order valence-corrected chi connectivity index (χ3v) is 2.89.